The highest BCUT2D eigenvalue weighted by Crippen LogP contribution is 2.45. The number of hydrogen-bond acceptors (Lipinski definition) is 2. The van der Waals surface area contributed by atoms with Gasteiger partial charge in [-0.2, -0.15) is 10.5 Å². The van der Waals surface area contributed by atoms with Gasteiger partial charge in [0.2, 0.25) is 0 Å². The molecule has 212 valence electrons. The van der Waals surface area contributed by atoms with Gasteiger partial charge in [-0.3, -0.25) is 0 Å². The molecule has 0 unspecified atom stereocenters. The molecule has 8 rings (SSSR count). The maximum Gasteiger partial charge on any atom is 0.130 e. The summed E-state index contributed by atoms with van der Waals surface area (Å²) in [5.74, 6) is 0. The molecule has 0 amide bonds. The van der Waals surface area contributed by atoms with Gasteiger partial charge in [0, 0.05) is 0 Å². The summed E-state index contributed by atoms with van der Waals surface area (Å²) in [5.41, 5.74) is 7.91. The monoisotopic (exact) mass is 582 g/mol. The number of allylic oxidation sites excluding steroid dienone is 1. The van der Waals surface area contributed by atoms with Crippen molar-refractivity contribution in [3.8, 4) is 45.5 Å². The molecule has 2 nitrogen and oxygen atoms in total. The van der Waals surface area contributed by atoms with Crippen molar-refractivity contribution in [2.24, 2.45) is 0 Å². The van der Waals surface area contributed by atoms with Gasteiger partial charge in [0.05, 0.1) is 0 Å². The fourth-order valence-electron chi connectivity index (χ4n) is 6.70. The molecule has 0 atom stereocenters. The Morgan fingerprint density at radius 3 is 1.41 bits per heavy atom. The molecule has 46 heavy (non-hydrogen) atoms. The highest BCUT2D eigenvalue weighted by atomic mass is 14.3. The second-order valence-corrected chi connectivity index (χ2v) is 11.6. The minimum absolute atomic E-state index is 0.0894. The largest absolute Gasteiger partial charge is 0.192 e. The quantitative estimate of drug-likeness (QED) is 0.153. The summed E-state index contributed by atoms with van der Waals surface area (Å²) in [6, 6.07) is 58.1. The first-order valence-electron chi connectivity index (χ1n) is 15.3. The molecule has 0 saturated heterocycles. The lowest BCUT2D eigenvalue weighted by Gasteiger charge is -2.19. The SMILES string of the molecule is N#CC(C#N)=Cc1ccc(-c2ccc3c(-c4ccc5ccccc5c4)c4ccccc4c(-c4ccc5ccccc5c4)c3c2)cc1. The molecule has 0 spiro atoms. The van der Waals surface area contributed by atoms with Crippen LogP contribution in [0.5, 0.6) is 0 Å². The van der Waals surface area contributed by atoms with Gasteiger partial charge in [-0.1, -0.05) is 133 Å². The van der Waals surface area contributed by atoms with Crippen molar-refractivity contribution in [3.63, 3.8) is 0 Å². The van der Waals surface area contributed by atoms with Gasteiger partial charge in [0.25, 0.3) is 0 Å². The zero-order valence-electron chi connectivity index (χ0n) is 24.9. The Hall–Kier alpha value is -6.48. The number of nitrogens with zero attached hydrogens (tertiary/aromatic N) is 2. The third kappa shape index (κ3) is 4.67. The first-order chi connectivity index (χ1) is 22.7. The molecule has 0 heterocycles. The van der Waals surface area contributed by atoms with E-state index < -0.39 is 0 Å². The Morgan fingerprint density at radius 1 is 0.391 bits per heavy atom. The highest BCUT2D eigenvalue weighted by Gasteiger charge is 2.18. The van der Waals surface area contributed by atoms with Crippen LogP contribution in [0.4, 0.5) is 0 Å². The molecule has 0 fully saturated rings. The Kier molecular flexibility index (Phi) is 6.61. The van der Waals surface area contributed by atoms with Gasteiger partial charge in [-0.05, 0) is 106 Å². The van der Waals surface area contributed by atoms with Crippen LogP contribution < -0.4 is 0 Å². The Labute approximate surface area is 267 Å². The molecule has 8 aromatic carbocycles. The molecule has 0 aromatic heterocycles. The van der Waals surface area contributed by atoms with Crippen LogP contribution >= 0.6 is 0 Å². The Balaban J connectivity index is 1.42. The third-order valence-electron chi connectivity index (χ3n) is 8.90. The van der Waals surface area contributed by atoms with E-state index in [9.17, 15) is 10.5 Å². The standard InChI is InChI=1S/C44H26N2/c45-27-30(28-46)23-29-13-15-33(16-14-29)36-21-22-41-42(26-36)44(38-20-18-32-8-2-4-10-35(32)25-38)40-12-6-5-11-39(40)43(41)37-19-17-31-7-1-3-9-34(31)24-37/h1-26H. The first kappa shape index (κ1) is 27.1. The van der Waals surface area contributed by atoms with E-state index in [-0.39, 0.29) is 5.57 Å². The number of hydrogen-bond donors (Lipinski definition) is 0. The van der Waals surface area contributed by atoms with Gasteiger partial charge in [0.1, 0.15) is 17.7 Å². The van der Waals surface area contributed by atoms with Crippen LogP contribution in [-0.2, 0) is 0 Å². The van der Waals surface area contributed by atoms with Crippen LogP contribution in [0.1, 0.15) is 5.56 Å². The number of rotatable bonds is 4. The molecule has 8 aromatic rings. The fraction of sp³-hybridized carbons (Fsp3) is 0. The van der Waals surface area contributed by atoms with Crippen molar-refractivity contribution < 1.29 is 0 Å². The maximum atomic E-state index is 9.19. The van der Waals surface area contributed by atoms with Crippen LogP contribution in [0, 0.1) is 22.7 Å². The van der Waals surface area contributed by atoms with E-state index in [0.29, 0.717) is 0 Å². The minimum Gasteiger partial charge on any atom is -0.192 e. The maximum absolute atomic E-state index is 9.19. The molecule has 0 radical (unpaired) electrons. The zero-order valence-corrected chi connectivity index (χ0v) is 24.9. The number of nitriles is 2. The van der Waals surface area contributed by atoms with E-state index in [4.69, 9.17) is 0 Å². The van der Waals surface area contributed by atoms with E-state index in [1.54, 1.807) is 6.08 Å². The predicted octanol–water partition coefficient (Wildman–Crippen LogP) is 11.7. The molecule has 0 saturated carbocycles. The van der Waals surface area contributed by atoms with Crippen molar-refractivity contribution in [1.29, 1.82) is 10.5 Å². The van der Waals surface area contributed by atoms with Crippen molar-refractivity contribution in [1.82, 2.24) is 0 Å². The van der Waals surface area contributed by atoms with E-state index >= 15 is 0 Å². The van der Waals surface area contributed by atoms with E-state index in [2.05, 4.69) is 140 Å². The molecule has 0 aliphatic rings. The first-order valence-corrected chi connectivity index (χ1v) is 15.3. The summed E-state index contributed by atoms with van der Waals surface area (Å²) in [6.07, 6.45) is 1.62. The topological polar surface area (TPSA) is 47.6 Å². The summed E-state index contributed by atoms with van der Waals surface area (Å²) >= 11 is 0. The molecule has 0 N–H and O–H groups in total. The Morgan fingerprint density at radius 2 is 0.848 bits per heavy atom. The summed E-state index contributed by atoms with van der Waals surface area (Å²) in [6.45, 7) is 0. The molecule has 2 heteroatoms. The van der Waals surface area contributed by atoms with Crippen molar-refractivity contribution in [3.05, 3.63) is 163 Å². The van der Waals surface area contributed by atoms with Crippen LogP contribution in [0.15, 0.2) is 157 Å². The van der Waals surface area contributed by atoms with E-state index in [1.165, 1.54) is 65.3 Å². The smallest absolute Gasteiger partial charge is 0.130 e. The average Bonchev–Trinajstić information content (AvgIpc) is 3.12. The van der Waals surface area contributed by atoms with Crippen LogP contribution in [-0.4, -0.2) is 0 Å². The molecule has 0 aliphatic carbocycles. The summed E-state index contributed by atoms with van der Waals surface area (Å²) < 4.78 is 0. The molecule has 0 bridgehead atoms. The molecule has 0 aliphatic heterocycles. The van der Waals surface area contributed by atoms with Gasteiger partial charge in [-0.25, -0.2) is 0 Å². The van der Waals surface area contributed by atoms with Crippen molar-refractivity contribution >= 4 is 49.2 Å². The van der Waals surface area contributed by atoms with Gasteiger partial charge in [0.15, 0.2) is 0 Å². The van der Waals surface area contributed by atoms with Crippen molar-refractivity contribution in [2.45, 2.75) is 0 Å². The summed E-state index contributed by atoms with van der Waals surface area (Å²) in [5, 5.41) is 28.1. The fourth-order valence-corrected chi connectivity index (χ4v) is 6.70. The highest BCUT2D eigenvalue weighted by molar-refractivity contribution is 6.22. The third-order valence-corrected chi connectivity index (χ3v) is 8.90. The van der Waals surface area contributed by atoms with Gasteiger partial charge in [-0.15, -0.1) is 0 Å². The Bertz CT molecular complexity index is 2580. The second-order valence-electron chi connectivity index (χ2n) is 11.6. The van der Waals surface area contributed by atoms with E-state index in [0.717, 1.165) is 16.7 Å². The van der Waals surface area contributed by atoms with Crippen LogP contribution in [0.25, 0.3) is 82.5 Å². The minimum atomic E-state index is 0.0894. The van der Waals surface area contributed by atoms with Crippen LogP contribution in [0.2, 0.25) is 0 Å². The lowest BCUT2D eigenvalue weighted by atomic mass is 9.84. The van der Waals surface area contributed by atoms with Crippen LogP contribution in [0.3, 0.4) is 0 Å². The lowest BCUT2D eigenvalue weighted by Crippen LogP contribution is -1.92. The summed E-state index contributed by atoms with van der Waals surface area (Å²) in [4.78, 5) is 0. The lowest BCUT2D eigenvalue weighted by molar-refractivity contribution is 1.47. The molecular formula is C44H26N2. The van der Waals surface area contributed by atoms with E-state index in [1.807, 2.05) is 24.3 Å². The normalized spacial score (nSPS) is 11.0. The predicted molar refractivity (Wildman–Crippen MR) is 192 cm³/mol. The average molecular weight is 583 g/mol. The van der Waals surface area contributed by atoms with Crippen molar-refractivity contribution in [2.75, 3.05) is 0 Å². The number of benzene rings is 8. The second kappa shape index (κ2) is 11.2. The van der Waals surface area contributed by atoms with Gasteiger partial charge >= 0.3 is 0 Å². The summed E-state index contributed by atoms with van der Waals surface area (Å²) in [7, 11) is 0. The molecular weight excluding hydrogens is 556 g/mol. The number of fused-ring (bicyclic) bond motifs is 4. The van der Waals surface area contributed by atoms with Gasteiger partial charge < -0.3 is 0 Å². The zero-order chi connectivity index (χ0) is 31.0.